The van der Waals surface area contributed by atoms with Crippen LogP contribution in [-0.4, -0.2) is 62.8 Å². The summed E-state index contributed by atoms with van der Waals surface area (Å²) in [6.45, 7) is 12.2. The number of halogens is 2. The normalized spacial score (nSPS) is 17.7. The number of benzene rings is 3. The Kier molecular flexibility index (Phi) is 11.2. The largest absolute Gasteiger partial charge is 0.318 e. The highest BCUT2D eigenvalue weighted by molar-refractivity contribution is 6.34. The second kappa shape index (κ2) is 14.8. The number of hydrogen-bond donors (Lipinski definition) is 2. The van der Waals surface area contributed by atoms with Gasteiger partial charge in [0.1, 0.15) is 11.5 Å². The Hall–Kier alpha value is -2.64. The molecule has 214 valence electrons. The summed E-state index contributed by atoms with van der Waals surface area (Å²) in [5, 5.41) is 9.34. The van der Waals surface area contributed by atoms with Crippen LogP contribution in [0.4, 0.5) is 10.1 Å². The van der Waals surface area contributed by atoms with Gasteiger partial charge in [-0.15, -0.1) is 0 Å². The summed E-state index contributed by atoms with van der Waals surface area (Å²) < 4.78 is 16.7. The van der Waals surface area contributed by atoms with E-state index in [4.69, 9.17) is 16.6 Å². The van der Waals surface area contributed by atoms with Gasteiger partial charge in [-0.25, -0.2) is 14.4 Å². The third-order valence-electron chi connectivity index (χ3n) is 8.02. The van der Waals surface area contributed by atoms with Crippen molar-refractivity contribution < 1.29 is 4.39 Å². The highest BCUT2D eigenvalue weighted by atomic mass is 35.5. The Bertz CT molecular complexity index is 1310. The lowest BCUT2D eigenvalue weighted by atomic mass is 9.94. The van der Waals surface area contributed by atoms with Crippen LogP contribution in [0.3, 0.4) is 0 Å². The molecule has 7 heteroatoms. The maximum Gasteiger partial charge on any atom is 0.158 e. The van der Waals surface area contributed by atoms with Gasteiger partial charge < -0.3 is 15.5 Å². The van der Waals surface area contributed by atoms with E-state index < -0.39 is 5.82 Å². The molecule has 1 aliphatic heterocycles. The van der Waals surface area contributed by atoms with Crippen LogP contribution in [0.2, 0.25) is 5.02 Å². The Labute approximate surface area is 243 Å². The molecular formula is C33H43ClFN5. The summed E-state index contributed by atoms with van der Waals surface area (Å²) in [4.78, 5) is 11.5. The van der Waals surface area contributed by atoms with Crippen molar-refractivity contribution in [2.45, 2.75) is 64.5 Å². The quantitative estimate of drug-likeness (QED) is 0.129. The second-order valence-corrected chi connectivity index (χ2v) is 11.1. The number of unbranched alkanes of at least 4 members (excludes halogenated alkanes) is 1. The van der Waals surface area contributed by atoms with Crippen molar-refractivity contribution in [3.05, 3.63) is 64.9 Å². The van der Waals surface area contributed by atoms with Gasteiger partial charge in [0.15, 0.2) is 5.82 Å². The predicted octanol–water partition coefficient (Wildman–Crippen LogP) is 7.42. The molecule has 2 N–H and O–H groups in total. The second-order valence-electron chi connectivity index (χ2n) is 10.7. The molecule has 0 aliphatic carbocycles. The maximum absolute atomic E-state index is 16.7. The van der Waals surface area contributed by atoms with Crippen molar-refractivity contribution in [1.29, 1.82) is 0 Å². The van der Waals surface area contributed by atoms with Gasteiger partial charge in [0.25, 0.3) is 0 Å². The molecule has 3 aromatic rings. The molecule has 0 bridgehead atoms. The minimum atomic E-state index is -0.395. The topological polar surface area (TPSA) is 52.0 Å². The highest BCUT2D eigenvalue weighted by Gasteiger charge is 2.27. The number of amidine groups is 1. The Balaban J connectivity index is 1.71. The van der Waals surface area contributed by atoms with Gasteiger partial charge in [0.2, 0.25) is 0 Å². The Morgan fingerprint density at radius 3 is 2.60 bits per heavy atom. The monoisotopic (exact) mass is 563 g/mol. The van der Waals surface area contributed by atoms with E-state index in [1.807, 2.05) is 55.6 Å². The molecule has 40 heavy (non-hydrogen) atoms. The molecule has 0 aromatic heterocycles. The van der Waals surface area contributed by atoms with E-state index in [9.17, 15) is 0 Å². The van der Waals surface area contributed by atoms with E-state index in [2.05, 4.69) is 41.1 Å². The fourth-order valence-corrected chi connectivity index (χ4v) is 6.13. The van der Waals surface area contributed by atoms with Crippen molar-refractivity contribution >= 4 is 40.6 Å². The molecular weight excluding hydrogens is 521 g/mol. The fraction of sp³-hybridized carbons (Fsp3) is 0.455. The van der Waals surface area contributed by atoms with E-state index in [-0.39, 0.29) is 6.04 Å². The van der Waals surface area contributed by atoms with Gasteiger partial charge >= 0.3 is 0 Å². The smallest absolute Gasteiger partial charge is 0.158 e. The molecule has 1 aliphatic rings. The first-order valence-electron chi connectivity index (χ1n) is 14.6. The molecule has 1 heterocycles. The average Bonchev–Trinajstić information content (AvgIpc) is 3.41. The minimum absolute atomic E-state index is 0.236. The molecule has 0 radical (unpaired) electrons. The van der Waals surface area contributed by atoms with Crippen LogP contribution < -0.4 is 10.6 Å². The molecule has 4 rings (SSSR count). The van der Waals surface area contributed by atoms with E-state index in [0.29, 0.717) is 41.0 Å². The molecule has 3 aromatic carbocycles. The van der Waals surface area contributed by atoms with Crippen LogP contribution in [-0.2, 0) is 6.42 Å². The number of likely N-dealkylation sites (N-methyl/N-ethyl adjacent to an activating group) is 1. The fourth-order valence-electron chi connectivity index (χ4n) is 5.82. The molecule has 5 nitrogen and oxygen atoms in total. The number of rotatable bonds is 13. The molecule has 2 atom stereocenters. The lowest BCUT2D eigenvalue weighted by molar-refractivity contribution is 0.297. The standard InChI is InChI=1S/C33H43ClFN5/c1-5-40(6-2)19-10-9-16-30(37-4)39-33-24(20-25-17-18-26(38-25)22-36-3)21-29(34)31(32(33)35)28-15-11-13-23-12-7-8-14-27(23)28/h7-8,11-15,21,25-26,36,38H,4-6,9-10,16-20,22H2,1-3H3. The summed E-state index contributed by atoms with van der Waals surface area (Å²) >= 11 is 6.88. The summed E-state index contributed by atoms with van der Waals surface area (Å²) in [6.07, 6.45) is 5.37. The third kappa shape index (κ3) is 7.35. The predicted molar refractivity (Wildman–Crippen MR) is 170 cm³/mol. The maximum atomic E-state index is 16.7. The molecule has 2 unspecified atom stereocenters. The van der Waals surface area contributed by atoms with Crippen molar-refractivity contribution in [2.75, 3.05) is 33.2 Å². The van der Waals surface area contributed by atoms with Crippen molar-refractivity contribution in [1.82, 2.24) is 15.5 Å². The van der Waals surface area contributed by atoms with E-state index in [1.165, 1.54) is 0 Å². The molecule has 1 fully saturated rings. The molecule has 0 saturated carbocycles. The number of nitrogens with zero attached hydrogens (tertiary/aromatic N) is 3. The number of hydrogen-bond acceptors (Lipinski definition) is 4. The zero-order chi connectivity index (χ0) is 28.5. The van der Waals surface area contributed by atoms with Gasteiger partial charge in [-0.1, -0.05) is 67.9 Å². The zero-order valence-corrected chi connectivity index (χ0v) is 24.9. The highest BCUT2D eigenvalue weighted by Crippen LogP contribution is 2.42. The van der Waals surface area contributed by atoms with Crippen molar-refractivity contribution in [3.8, 4) is 11.1 Å². The van der Waals surface area contributed by atoms with Gasteiger partial charge in [-0.2, -0.15) is 0 Å². The summed E-state index contributed by atoms with van der Waals surface area (Å²) in [5.74, 6) is 0.172. The minimum Gasteiger partial charge on any atom is -0.318 e. The molecule has 1 saturated heterocycles. The Morgan fingerprint density at radius 2 is 1.85 bits per heavy atom. The van der Waals surface area contributed by atoms with Crippen LogP contribution in [0.5, 0.6) is 0 Å². The SMILES string of the molecule is C=NC(CCCCN(CC)CC)=Nc1c(CC2CCC(CNC)N2)cc(Cl)c(-c2cccc3ccccc23)c1F. The zero-order valence-electron chi connectivity index (χ0n) is 24.1. The van der Waals surface area contributed by atoms with E-state index >= 15 is 4.39 Å². The van der Waals surface area contributed by atoms with Crippen molar-refractivity contribution in [3.63, 3.8) is 0 Å². The number of aliphatic imine (C=N–C) groups is 2. The van der Waals surface area contributed by atoms with Gasteiger partial charge in [0.05, 0.1) is 5.02 Å². The first kappa shape index (κ1) is 30.3. The third-order valence-corrected chi connectivity index (χ3v) is 8.32. The number of nitrogens with one attached hydrogen (secondary N) is 2. The van der Waals surface area contributed by atoms with Crippen LogP contribution in [0.25, 0.3) is 21.9 Å². The molecule has 0 spiro atoms. The Morgan fingerprint density at radius 1 is 1.10 bits per heavy atom. The van der Waals surface area contributed by atoms with E-state index in [1.54, 1.807) is 0 Å². The summed E-state index contributed by atoms with van der Waals surface area (Å²) in [5.41, 5.74) is 2.29. The lowest BCUT2D eigenvalue weighted by Crippen LogP contribution is -2.37. The first-order chi connectivity index (χ1) is 19.5. The summed E-state index contributed by atoms with van der Waals surface area (Å²) in [7, 11) is 1.97. The van der Waals surface area contributed by atoms with Gasteiger partial charge in [-0.05, 0) is 93.5 Å². The lowest BCUT2D eigenvalue weighted by Gasteiger charge is -2.19. The van der Waals surface area contributed by atoms with Gasteiger partial charge in [-0.3, -0.25) is 0 Å². The number of fused-ring (bicyclic) bond motifs is 1. The van der Waals surface area contributed by atoms with Crippen LogP contribution in [0.15, 0.2) is 58.5 Å². The van der Waals surface area contributed by atoms with Crippen LogP contribution in [0, 0.1) is 5.82 Å². The molecule has 0 amide bonds. The van der Waals surface area contributed by atoms with Crippen molar-refractivity contribution in [2.24, 2.45) is 9.98 Å². The van der Waals surface area contributed by atoms with E-state index in [0.717, 1.165) is 73.8 Å². The average molecular weight is 564 g/mol. The van der Waals surface area contributed by atoms with Crippen LogP contribution in [0.1, 0.15) is 51.5 Å². The summed E-state index contributed by atoms with van der Waals surface area (Å²) in [6, 6.07) is 16.5. The van der Waals surface area contributed by atoms with Crippen LogP contribution >= 0.6 is 11.6 Å². The first-order valence-corrected chi connectivity index (χ1v) is 15.0. The van der Waals surface area contributed by atoms with Gasteiger partial charge in [0, 0.05) is 30.6 Å².